The third-order valence-corrected chi connectivity index (χ3v) is 5.91. The van der Waals surface area contributed by atoms with E-state index in [1.165, 1.54) is 0 Å². The van der Waals surface area contributed by atoms with E-state index in [0.29, 0.717) is 26.1 Å². The molecule has 0 fully saturated rings. The number of furan rings is 1. The second-order valence-corrected chi connectivity index (χ2v) is 8.35. The molecule has 1 aromatic carbocycles. The standard InChI is InChI=1S/C24H24N2O4S/c1-17-23(18(2)30-25-17)16-29-20-9-7-19(8-10-20)13-24(27)26(14-21-5-3-11-28-21)15-22-6-4-12-31-22/h3-12H,13-16H2,1-2H3. The lowest BCUT2D eigenvalue weighted by molar-refractivity contribution is -0.131. The molecule has 4 rings (SSSR count). The minimum atomic E-state index is 0.0502. The minimum absolute atomic E-state index is 0.0502. The largest absolute Gasteiger partial charge is 0.489 e. The van der Waals surface area contributed by atoms with E-state index in [2.05, 4.69) is 5.16 Å². The predicted octanol–water partition coefficient (Wildman–Crippen LogP) is 5.30. The molecule has 31 heavy (non-hydrogen) atoms. The van der Waals surface area contributed by atoms with Crippen molar-refractivity contribution in [3.8, 4) is 5.75 Å². The van der Waals surface area contributed by atoms with Crippen LogP contribution in [-0.2, 0) is 30.9 Å². The molecule has 6 nitrogen and oxygen atoms in total. The highest BCUT2D eigenvalue weighted by Gasteiger charge is 2.17. The third-order valence-electron chi connectivity index (χ3n) is 5.05. The Balaban J connectivity index is 1.38. The molecule has 3 heterocycles. The molecule has 0 aliphatic rings. The highest BCUT2D eigenvalue weighted by Crippen LogP contribution is 2.20. The van der Waals surface area contributed by atoms with Gasteiger partial charge in [0, 0.05) is 4.88 Å². The van der Waals surface area contributed by atoms with Gasteiger partial charge in [0.2, 0.25) is 5.91 Å². The van der Waals surface area contributed by atoms with E-state index in [4.69, 9.17) is 13.7 Å². The van der Waals surface area contributed by atoms with Gasteiger partial charge < -0.3 is 18.6 Å². The first-order valence-electron chi connectivity index (χ1n) is 10.0. The highest BCUT2D eigenvalue weighted by atomic mass is 32.1. The summed E-state index contributed by atoms with van der Waals surface area (Å²) in [5.74, 6) is 2.33. The number of carbonyl (C=O) groups excluding carboxylic acids is 1. The zero-order chi connectivity index (χ0) is 21.6. The molecule has 0 unspecified atom stereocenters. The van der Waals surface area contributed by atoms with Gasteiger partial charge in [0.25, 0.3) is 0 Å². The molecule has 4 aromatic rings. The lowest BCUT2D eigenvalue weighted by Gasteiger charge is -2.21. The normalized spacial score (nSPS) is 10.9. The lowest BCUT2D eigenvalue weighted by Crippen LogP contribution is -2.31. The SMILES string of the molecule is Cc1noc(C)c1COc1ccc(CC(=O)N(Cc2ccco2)Cc2cccs2)cc1. The molecule has 0 aliphatic heterocycles. The fraction of sp³-hybridized carbons (Fsp3) is 0.250. The fourth-order valence-electron chi connectivity index (χ4n) is 3.27. The summed E-state index contributed by atoms with van der Waals surface area (Å²) in [7, 11) is 0. The zero-order valence-electron chi connectivity index (χ0n) is 17.5. The van der Waals surface area contributed by atoms with Gasteiger partial charge in [0.05, 0.1) is 37.0 Å². The van der Waals surface area contributed by atoms with Crippen LogP contribution in [0.4, 0.5) is 0 Å². The van der Waals surface area contributed by atoms with E-state index in [1.54, 1.807) is 17.6 Å². The van der Waals surface area contributed by atoms with Gasteiger partial charge in [0.1, 0.15) is 23.9 Å². The average Bonchev–Trinajstić information content (AvgIpc) is 3.52. The van der Waals surface area contributed by atoms with Gasteiger partial charge >= 0.3 is 0 Å². The molecular weight excluding hydrogens is 412 g/mol. The summed E-state index contributed by atoms with van der Waals surface area (Å²) in [6, 6.07) is 15.4. The van der Waals surface area contributed by atoms with E-state index >= 15 is 0 Å². The molecule has 0 N–H and O–H groups in total. The van der Waals surface area contributed by atoms with Crippen molar-refractivity contribution in [3.05, 3.63) is 93.4 Å². The molecule has 1 amide bonds. The molecule has 0 saturated heterocycles. The van der Waals surface area contributed by atoms with Crippen molar-refractivity contribution in [1.82, 2.24) is 10.1 Å². The van der Waals surface area contributed by atoms with Crippen LogP contribution in [-0.4, -0.2) is 16.0 Å². The first-order valence-corrected chi connectivity index (χ1v) is 10.9. The Morgan fingerprint density at radius 1 is 1.10 bits per heavy atom. The molecule has 0 spiro atoms. The number of benzene rings is 1. The van der Waals surface area contributed by atoms with Gasteiger partial charge in [0.15, 0.2) is 0 Å². The summed E-state index contributed by atoms with van der Waals surface area (Å²) in [6.07, 6.45) is 1.95. The van der Waals surface area contributed by atoms with Crippen molar-refractivity contribution in [2.24, 2.45) is 0 Å². The molecule has 0 saturated carbocycles. The monoisotopic (exact) mass is 436 g/mol. The van der Waals surface area contributed by atoms with Gasteiger partial charge in [-0.3, -0.25) is 4.79 Å². The van der Waals surface area contributed by atoms with Crippen LogP contribution in [0.15, 0.2) is 69.1 Å². The molecular formula is C24H24N2O4S. The topological polar surface area (TPSA) is 68.7 Å². The van der Waals surface area contributed by atoms with Crippen molar-refractivity contribution in [3.63, 3.8) is 0 Å². The van der Waals surface area contributed by atoms with Crippen molar-refractivity contribution in [2.75, 3.05) is 0 Å². The number of ether oxygens (including phenoxy) is 1. The Hall–Kier alpha value is -3.32. The number of rotatable bonds is 9. The number of nitrogens with zero attached hydrogens (tertiary/aromatic N) is 2. The van der Waals surface area contributed by atoms with Crippen LogP contribution in [0.3, 0.4) is 0 Å². The van der Waals surface area contributed by atoms with Crippen molar-refractivity contribution in [1.29, 1.82) is 0 Å². The lowest BCUT2D eigenvalue weighted by atomic mass is 10.1. The first-order chi connectivity index (χ1) is 15.1. The number of carbonyl (C=O) groups is 1. The summed E-state index contributed by atoms with van der Waals surface area (Å²) in [5.41, 5.74) is 2.73. The van der Waals surface area contributed by atoms with Crippen LogP contribution in [0.1, 0.15) is 33.2 Å². The number of thiophene rings is 1. The summed E-state index contributed by atoms with van der Waals surface area (Å²) in [6.45, 7) is 5.18. The van der Waals surface area contributed by atoms with Crippen LogP contribution >= 0.6 is 11.3 Å². The maximum Gasteiger partial charge on any atom is 0.227 e. The van der Waals surface area contributed by atoms with Crippen LogP contribution < -0.4 is 4.74 Å². The average molecular weight is 437 g/mol. The molecule has 0 radical (unpaired) electrons. The summed E-state index contributed by atoms with van der Waals surface area (Å²) in [5, 5.41) is 5.96. The number of hydrogen-bond acceptors (Lipinski definition) is 6. The third kappa shape index (κ3) is 5.44. The zero-order valence-corrected chi connectivity index (χ0v) is 18.4. The number of hydrogen-bond donors (Lipinski definition) is 0. The van der Waals surface area contributed by atoms with E-state index in [-0.39, 0.29) is 5.91 Å². The first kappa shape index (κ1) is 20.9. The Bertz CT molecular complexity index is 1040. The predicted molar refractivity (Wildman–Crippen MR) is 118 cm³/mol. The Kier molecular flexibility index (Phi) is 6.52. The van der Waals surface area contributed by atoms with Crippen LogP contribution in [0.25, 0.3) is 0 Å². The summed E-state index contributed by atoms with van der Waals surface area (Å²) in [4.78, 5) is 16.0. The van der Waals surface area contributed by atoms with Gasteiger partial charge in [-0.2, -0.15) is 0 Å². The molecule has 3 aromatic heterocycles. The Labute approximate surface area is 185 Å². The van der Waals surface area contributed by atoms with Crippen LogP contribution in [0.5, 0.6) is 5.75 Å². The summed E-state index contributed by atoms with van der Waals surface area (Å²) < 4.78 is 16.5. The molecule has 160 valence electrons. The Morgan fingerprint density at radius 2 is 1.94 bits per heavy atom. The van der Waals surface area contributed by atoms with Crippen molar-refractivity contribution in [2.45, 2.75) is 40.0 Å². The molecule has 0 aliphatic carbocycles. The second kappa shape index (κ2) is 9.66. The van der Waals surface area contributed by atoms with E-state index in [9.17, 15) is 4.79 Å². The quantitative estimate of drug-likeness (QED) is 0.356. The van der Waals surface area contributed by atoms with E-state index < -0.39 is 0 Å². The molecule has 0 atom stereocenters. The van der Waals surface area contributed by atoms with Crippen LogP contribution in [0.2, 0.25) is 0 Å². The fourth-order valence-corrected chi connectivity index (χ4v) is 3.99. The van der Waals surface area contributed by atoms with Gasteiger partial charge in [-0.1, -0.05) is 23.4 Å². The number of amides is 1. The maximum absolute atomic E-state index is 13.0. The number of aryl methyl sites for hydroxylation is 2. The summed E-state index contributed by atoms with van der Waals surface area (Å²) >= 11 is 1.64. The van der Waals surface area contributed by atoms with Gasteiger partial charge in [-0.05, 0) is 55.1 Å². The smallest absolute Gasteiger partial charge is 0.227 e. The van der Waals surface area contributed by atoms with Crippen molar-refractivity contribution < 1.29 is 18.5 Å². The maximum atomic E-state index is 13.0. The molecule has 0 bridgehead atoms. The van der Waals surface area contributed by atoms with Crippen molar-refractivity contribution >= 4 is 17.2 Å². The van der Waals surface area contributed by atoms with Gasteiger partial charge in [-0.15, -0.1) is 11.3 Å². The van der Waals surface area contributed by atoms with Gasteiger partial charge in [-0.25, -0.2) is 0 Å². The van der Waals surface area contributed by atoms with E-state index in [1.807, 2.05) is 72.7 Å². The number of aromatic nitrogens is 1. The second-order valence-electron chi connectivity index (χ2n) is 7.32. The molecule has 7 heteroatoms. The minimum Gasteiger partial charge on any atom is -0.489 e. The van der Waals surface area contributed by atoms with E-state index in [0.717, 1.165) is 39.0 Å². The highest BCUT2D eigenvalue weighted by molar-refractivity contribution is 7.09. The Morgan fingerprint density at radius 3 is 2.58 bits per heavy atom. The van der Waals surface area contributed by atoms with Crippen LogP contribution in [0, 0.1) is 13.8 Å².